The summed E-state index contributed by atoms with van der Waals surface area (Å²) >= 11 is 0. The lowest BCUT2D eigenvalue weighted by atomic mass is 10.1. The fourth-order valence-electron chi connectivity index (χ4n) is 1.63. The van der Waals surface area contributed by atoms with Crippen molar-refractivity contribution in [3.63, 3.8) is 0 Å². The van der Waals surface area contributed by atoms with Crippen LogP contribution in [0.2, 0.25) is 0 Å². The molecule has 1 heterocycles. The second kappa shape index (κ2) is 7.93. The van der Waals surface area contributed by atoms with Crippen LogP contribution in [0, 0.1) is 0 Å². The molecular formula is C12H17N3O5. The summed E-state index contributed by atoms with van der Waals surface area (Å²) in [6.45, 7) is 0.410. The van der Waals surface area contributed by atoms with E-state index in [0.717, 1.165) is 0 Å². The van der Waals surface area contributed by atoms with Gasteiger partial charge in [-0.25, -0.2) is 9.78 Å². The minimum absolute atomic E-state index is 0.0957. The fourth-order valence-corrected chi connectivity index (χ4v) is 1.63. The number of amides is 1. The van der Waals surface area contributed by atoms with Crippen molar-refractivity contribution < 1.29 is 24.6 Å². The van der Waals surface area contributed by atoms with Gasteiger partial charge in [0.15, 0.2) is 0 Å². The van der Waals surface area contributed by atoms with Gasteiger partial charge in [0.05, 0.1) is 6.33 Å². The number of nitrogens with zero attached hydrogens (tertiary/aromatic N) is 2. The van der Waals surface area contributed by atoms with Gasteiger partial charge in [0.25, 0.3) is 0 Å². The second-order valence-corrected chi connectivity index (χ2v) is 4.29. The Hall–Kier alpha value is -2.38. The number of hydrogen-bond acceptors (Lipinski definition) is 4. The van der Waals surface area contributed by atoms with E-state index in [1.54, 1.807) is 23.3 Å². The zero-order valence-electron chi connectivity index (χ0n) is 10.9. The van der Waals surface area contributed by atoms with Crippen LogP contribution in [0.4, 0.5) is 0 Å². The largest absolute Gasteiger partial charge is 0.481 e. The third-order valence-electron chi connectivity index (χ3n) is 2.67. The SMILES string of the molecule is O=C(O)CCC[C@@H](NC(=O)CCn1ccnc1)C(=O)O. The molecule has 3 N–H and O–H groups in total. The highest BCUT2D eigenvalue weighted by molar-refractivity contribution is 5.83. The Morgan fingerprint density at radius 3 is 2.55 bits per heavy atom. The number of hydrogen-bond donors (Lipinski definition) is 3. The zero-order chi connectivity index (χ0) is 15.0. The number of carbonyl (C=O) groups is 3. The lowest BCUT2D eigenvalue weighted by Gasteiger charge is -2.14. The monoisotopic (exact) mass is 283 g/mol. The average molecular weight is 283 g/mol. The fraction of sp³-hybridized carbons (Fsp3) is 0.500. The molecule has 1 amide bonds. The van der Waals surface area contributed by atoms with E-state index in [0.29, 0.717) is 6.54 Å². The van der Waals surface area contributed by atoms with E-state index in [1.807, 2.05) is 0 Å². The number of imidazole rings is 1. The first kappa shape index (κ1) is 15.7. The highest BCUT2D eigenvalue weighted by Gasteiger charge is 2.19. The van der Waals surface area contributed by atoms with Gasteiger partial charge in [-0.3, -0.25) is 9.59 Å². The van der Waals surface area contributed by atoms with Crippen molar-refractivity contribution in [2.24, 2.45) is 0 Å². The number of carboxylic acid groups (broad SMARTS) is 2. The summed E-state index contributed by atoms with van der Waals surface area (Å²) in [5.74, 6) is -2.53. The number of nitrogens with one attached hydrogen (secondary N) is 1. The van der Waals surface area contributed by atoms with Gasteiger partial charge in [0.1, 0.15) is 6.04 Å². The lowest BCUT2D eigenvalue weighted by molar-refractivity contribution is -0.142. The number of aromatic nitrogens is 2. The van der Waals surface area contributed by atoms with E-state index >= 15 is 0 Å². The van der Waals surface area contributed by atoms with Crippen molar-refractivity contribution in [1.82, 2.24) is 14.9 Å². The molecule has 110 valence electrons. The Kier molecular flexibility index (Phi) is 6.21. The maximum atomic E-state index is 11.6. The molecule has 0 aliphatic carbocycles. The molecule has 1 rings (SSSR count). The third kappa shape index (κ3) is 5.98. The molecule has 1 aromatic heterocycles. The Balaban J connectivity index is 2.34. The highest BCUT2D eigenvalue weighted by Crippen LogP contribution is 2.02. The van der Waals surface area contributed by atoms with Crippen LogP contribution < -0.4 is 5.32 Å². The van der Waals surface area contributed by atoms with Gasteiger partial charge < -0.3 is 20.1 Å². The van der Waals surface area contributed by atoms with Crippen LogP contribution in [0.25, 0.3) is 0 Å². The van der Waals surface area contributed by atoms with Crippen LogP contribution in [-0.2, 0) is 20.9 Å². The van der Waals surface area contributed by atoms with E-state index in [-0.39, 0.29) is 31.6 Å². The van der Waals surface area contributed by atoms with Gasteiger partial charge in [-0.05, 0) is 12.8 Å². The first-order chi connectivity index (χ1) is 9.49. The highest BCUT2D eigenvalue weighted by atomic mass is 16.4. The number of carboxylic acids is 2. The van der Waals surface area contributed by atoms with Gasteiger partial charge in [0, 0.05) is 31.8 Å². The molecule has 0 radical (unpaired) electrons. The topological polar surface area (TPSA) is 122 Å². The Morgan fingerprint density at radius 1 is 1.25 bits per heavy atom. The minimum Gasteiger partial charge on any atom is -0.481 e. The van der Waals surface area contributed by atoms with Crippen LogP contribution in [0.1, 0.15) is 25.7 Å². The quantitative estimate of drug-likeness (QED) is 0.590. The molecule has 0 aromatic carbocycles. The van der Waals surface area contributed by atoms with Crippen molar-refractivity contribution in [3.05, 3.63) is 18.7 Å². The summed E-state index contributed by atoms with van der Waals surface area (Å²) in [5.41, 5.74) is 0. The van der Waals surface area contributed by atoms with E-state index in [1.165, 1.54) is 0 Å². The number of rotatable bonds is 9. The van der Waals surface area contributed by atoms with E-state index in [9.17, 15) is 14.4 Å². The molecule has 0 saturated heterocycles. The maximum Gasteiger partial charge on any atom is 0.326 e. The van der Waals surface area contributed by atoms with Crippen molar-refractivity contribution in [1.29, 1.82) is 0 Å². The van der Waals surface area contributed by atoms with Gasteiger partial charge >= 0.3 is 11.9 Å². The Morgan fingerprint density at radius 2 is 2.00 bits per heavy atom. The maximum absolute atomic E-state index is 11.6. The van der Waals surface area contributed by atoms with E-state index in [4.69, 9.17) is 10.2 Å². The predicted molar refractivity (Wildman–Crippen MR) is 67.9 cm³/mol. The normalized spacial score (nSPS) is 11.8. The summed E-state index contributed by atoms with van der Waals surface area (Å²) in [6, 6.07) is -1.05. The first-order valence-electron chi connectivity index (χ1n) is 6.18. The van der Waals surface area contributed by atoms with E-state index in [2.05, 4.69) is 10.3 Å². The molecule has 0 aliphatic rings. The molecule has 0 bridgehead atoms. The van der Waals surface area contributed by atoms with Crippen molar-refractivity contribution in [3.8, 4) is 0 Å². The first-order valence-corrected chi connectivity index (χ1v) is 6.18. The molecule has 20 heavy (non-hydrogen) atoms. The predicted octanol–water partition coefficient (Wildman–Crippen LogP) is 0.0975. The summed E-state index contributed by atoms with van der Waals surface area (Å²) in [7, 11) is 0. The third-order valence-corrected chi connectivity index (χ3v) is 2.67. The molecule has 0 unspecified atom stereocenters. The summed E-state index contributed by atoms with van der Waals surface area (Å²) < 4.78 is 1.71. The van der Waals surface area contributed by atoms with Gasteiger partial charge in [-0.1, -0.05) is 0 Å². The van der Waals surface area contributed by atoms with Crippen LogP contribution in [0.15, 0.2) is 18.7 Å². The lowest BCUT2D eigenvalue weighted by Crippen LogP contribution is -2.41. The van der Waals surface area contributed by atoms with Crippen molar-refractivity contribution in [2.45, 2.75) is 38.3 Å². The van der Waals surface area contributed by atoms with Gasteiger partial charge in [-0.15, -0.1) is 0 Å². The zero-order valence-corrected chi connectivity index (χ0v) is 10.9. The van der Waals surface area contributed by atoms with Crippen LogP contribution in [0.5, 0.6) is 0 Å². The number of carbonyl (C=O) groups excluding carboxylic acids is 1. The Bertz CT molecular complexity index is 458. The standard InChI is InChI=1S/C12H17N3O5/c16-10(4-6-15-7-5-13-8-15)14-9(12(19)20)2-1-3-11(17)18/h5,7-9H,1-4,6H2,(H,14,16)(H,17,18)(H,19,20)/t9-/m1/s1. The van der Waals surface area contributed by atoms with Crippen LogP contribution >= 0.6 is 0 Å². The molecule has 0 spiro atoms. The molecular weight excluding hydrogens is 266 g/mol. The van der Waals surface area contributed by atoms with Crippen LogP contribution in [0.3, 0.4) is 0 Å². The molecule has 0 saturated carbocycles. The molecule has 0 aliphatic heterocycles. The number of aliphatic carboxylic acids is 2. The van der Waals surface area contributed by atoms with Gasteiger partial charge in [0.2, 0.25) is 5.91 Å². The second-order valence-electron chi connectivity index (χ2n) is 4.29. The Labute approximate surface area is 115 Å². The molecule has 1 aromatic rings. The smallest absolute Gasteiger partial charge is 0.326 e. The van der Waals surface area contributed by atoms with Crippen molar-refractivity contribution in [2.75, 3.05) is 0 Å². The molecule has 8 heteroatoms. The summed E-state index contributed by atoms with van der Waals surface area (Å²) in [4.78, 5) is 36.8. The summed E-state index contributed by atoms with van der Waals surface area (Å²) in [6.07, 6.45) is 5.17. The van der Waals surface area contributed by atoms with Crippen molar-refractivity contribution >= 4 is 17.8 Å². The minimum atomic E-state index is -1.16. The van der Waals surface area contributed by atoms with Gasteiger partial charge in [-0.2, -0.15) is 0 Å². The number of aryl methyl sites for hydroxylation is 1. The summed E-state index contributed by atoms with van der Waals surface area (Å²) in [5, 5.41) is 19.8. The van der Waals surface area contributed by atoms with E-state index < -0.39 is 18.0 Å². The average Bonchev–Trinajstić information content (AvgIpc) is 2.87. The molecule has 1 atom stereocenters. The molecule has 8 nitrogen and oxygen atoms in total. The van der Waals surface area contributed by atoms with Crippen LogP contribution in [-0.4, -0.2) is 43.7 Å². The molecule has 0 fully saturated rings.